The molecule has 0 unspecified atom stereocenters. The Morgan fingerprint density at radius 1 is 0.964 bits per heavy atom. The first-order valence-electron chi connectivity index (χ1n) is 7.64. The van der Waals surface area contributed by atoms with Gasteiger partial charge in [-0.25, -0.2) is 0 Å². The third kappa shape index (κ3) is 3.53. The number of halogens is 7. The quantitative estimate of drug-likeness (QED) is 0.599. The smallest absolute Gasteiger partial charge is 0.383 e. The Morgan fingerprint density at radius 3 is 2.11 bits per heavy atom. The molecule has 0 fully saturated rings. The number of nitrogens with zero attached hydrogens (tertiary/aromatic N) is 4. The van der Waals surface area contributed by atoms with E-state index in [0.29, 0.717) is 17.8 Å². The van der Waals surface area contributed by atoms with Crippen LogP contribution in [0.15, 0.2) is 24.3 Å². The summed E-state index contributed by atoms with van der Waals surface area (Å²) in [7, 11) is 1.57. The average molecular weight is 424 g/mol. The lowest BCUT2D eigenvalue weighted by molar-refractivity contribution is -0.140. The van der Waals surface area contributed by atoms with E-state index in [2.05, 4.69) is 10.2 Å². The second-order valence-electron chi connectivity index (χ2n) is 6.01. The van der Waals surface area contributed by atoms with E-state index in [0.717, 1.165) is 10.7 Å². The lowest BCUT2D eigenvalue weighted by Gasteiger charge is -2.11. The first-order chi connectivity index (χ1) is 12.8. The molecule has 0 amide bonds. The zero-order valence-electron chi connectivity index (χ0n) is 14.3. The molecule has 0 aliphatic carbocycles. The number of rotatable bonds is 2. The maximum absolute atomic E-state index is 13.6. The van der Waals surface area contributed by atoms with Crippen molar-refractivity contribution in [3.8, 4) is 16.9 Å². The van der Waals surface area contributed by atoms with E-state index in [4.69, 9.17) is 17.3 Å². The number of anilines is 1. The molecule has 0 spiro atoms. The lowest BCUT2D eigenvalue weighted by Crippen LogP contribution is -2.09. The zero-order chi connectivity index (χ0) is 21.0. The number of nitrogen functional groups attached to an aromatic ring is 1. The molecule has 0 saturated heterocycles. The lowest BCUT2D eigenvalue weighted by atomic mass is 10.0. The van der Waals surface area contributed by atoms with Crippen LogP contribution in [0.2, 0.25) is 5.02 Å². The van der Waals surface area contributed by atoms with E-state index in [1.807, 2.05) is 0 Å². The Bertz CT molecular complexity index is 1030. The van der Waals surface area contributed by atoms with Crippen LogP contribution in [0.25, 0.3) is 16.9 Å². The summed E-state index contributed by atoms with van der Waals surface area (Å²) in [5.74, 6) is -0.520. The van der Waals surface area contributed by atoms with Gasteiger partial charge in [-0.3, -0.25) is 4.68 Å². The van der Waals surface area contributed by atoms with Crippen LogP contribution in [0.1, 0.15) is 17.0 Å². The molecule has 0 bridgehead atoms. The Hall–Kier alpha value is -2.69. The minimum atomic E-state index is -4.97. The molecule has 12 heteroatoms. The first kappa shape index (κ1) is 20.1. The topological polar surface area (TPSA) is 61.7 Å². The van der Waals surface area contributed by atoms with Crippen molar-refractivity contribution in [3.63, 3.8) is 0 Å². The van der Waals surface area contributed by atoms with Gasteiger partial charge < -0.3 is 5.73 Å². The van der Waals surface area contributed by atoms with Crippen molar-refractivity contribution in [1.82, 2.24) is 19.6 Å². The minimum Gasteiger partial charge on any atom is -0.383 e. The predicted molar refractivity (Wildman–Crippen MR) is 89.9 cm³/mol. The van der Waals surface area contributed by atoms with Crippen molar-refractivity contribution in [3.05, 3.63) is 46.2 Å². The van der Waals surface area contributed by atoms with Crippen molar-refractivity contribution < 1.29 is 26.3 Å². The number of alkyl halides is 6. The van der Waals surface area contributed by atoms with Crippen LogP contribution in [0.4, 0.5) is 32.2 Å². The molecule has 3 rings (SSSR count). The third-order valence-corrected chi connectivity index (χ3v) is 4.24. The average Bonchev–Trinajstić information content (AvgIpc) is 3.05. The summed E-state index contributed by atoms with van der Waals surface area (Å²) in [6.45, 7) is 1.66. The molecule has 0 saturated carbocycles. The fourth-order valence-corrected chi connectivity index (χ4v) is 2.87. The molecule has 2 aromatic heterocycles. The van der Waals surface area contributed by atoms with Crippen molar-refractivity contribution in [2.75, 3.05) is 5.73 Å². The number of hydrogen-bond acceptors (Lipinski definition) is 3. The summed E-state index contributed by atoms with van der Waals surface area (Å²) in [6.07, 6.45) is -9.78. The fourth-order valence-electron chi connectivity index (χ4n) is 2.63. The van der Waals surface area contributed by atoms with Crippen LogP contribution >= 0.6 is 11.6 Å². The highest BCUT2D eigenvalue weighted by Gasteiger charge is 2.40. The van der Waals surface area contributed by atoms with Crippen LogP contribution in [0.5, 0.6) is 0 Å². The van der Waals surface area contributed by atoms with Gasteiger partial charge in [0.15, 0.2) is 11.5 Å². The van der Waals surface area contributed by atoms with Gasteiger partial charge in [0.2, 0.25) is 0 Å². The van der Waals surface area contributed by atoms with Gasteiger partial charge in [0.25, 0.3) is 0 Å². The molecular formula is C16H12ClF6N5. The van der Waals surface area contributed by atoms with Crippen molar-refractivity contribution in [2.45, 2.75) is 19.3 Å². The predicted octanol–water partition coefficient (Wildman–Crippen LogP) is 4.85. The molecule has 0 radical (unpaired) electrons. The number of benzene rings is 1. The highest BCUT2D eigenvalue weighted by atomic mass is 35.5. The Balaban J connectivity index is 2.31. The van der Waals surface area contributed by atoms with E-state index in [1.165, 1.54) is 10.7 Å². The zero-order valence-corrected chi connectivity index (χ0v) is 15.1. The van der Waals surface area contributed by atoms with Crippen LogP contribution in [-0.2, 0) is 19.4 Å². The molecule has 3 aromatic rings. The summed E-state index contributed by atoms with van der Waals surface area (Å²) in [5.41, 5.74) is 2.67. The standard InChI is InChI=1S/C16H12ClF6N5/c1-7-3-11(25-27(7)2)28-14(24)12(13(26-28)16(21,22)23)8-4-9(15(18,19)20)6-10(17)5-8/h3-6H,24H2,1-2H3. The summed E-state index contributed by atoms with van der Waals surface area (Å²) < 4.78 is 82.0. The van der Waals surface area contributed by atoms with Crippen molar-refractivity contribution in [1.29, 1.82) is 0 Å². The molecule has 0 aliphatic rings. The minimum absolute atomic E-state index is 0.00711. The summed E-state index contributed by atoms with van der Waals surface area (Å²) in [6, 6.07) is 3.56. The van der Waals surface area contributed by atoms with Gasteiger partial charge in [0.05, 0.1) is 11.1 Å². The molecular weight excluding hydrogens is 412 g/mol. The summed E-state index contributed by atoms with van der Waals surface area (Å²) >= 11 is 5.71. The van der Waals surface area contributed by atoms with E-state index in [9.17, 15) is 26.3 Å². The van der Waals surface area contributed by atoms with Crippen LogP contribution in [0.3, 0.4) is 0 Å². The maximum atomic E-state index is 13.6. The van der Waals surface area contributed by atoms with Crippen molar-refractivity contribution in [2.24, 2.45) is 7.05 Å². The summed E-state index contributed by atoms with van der Waals surface area (Å²) in [5, 5.41) is 7.09. The van der Waals surface area contributed by atoms with Gasteiger partial charge in [-0.05, 0) is 30.7 Å². The molecule has 150 valence electrons. The maximum Gasteiger partial charge on any atom is 0.435 e. The molecule has 2 heterocycles. The molecule has 0 atom stereocenters. The second-order valence-corrected chi connectivity index (χ2v) is 6.45. The van der Waals surface area contributed by atoms with Gasteiger partial charge in [-0.2, -0.15) is 41.2 Å². The Kier molecular flexibility index (Phi) is 4.61. The van der Waals surface area contributed by atoms with Gasteiger partial charge in [0, 0.05) is 23.8 Å². The van der Waals surface area contributed by atoms with Gasteiger partial charge in [-0.15, -0.1) is 0 Å². The first-order valence-corrected chi connectivity index (χ1v) is 8.01. The monoisotopic (exact) mass is 423 g/mol. The number of hydrogen-bond donors (Lipinski definition) is 1. The van der Waals surface area contributed by atoms with Crippen LogP contribution in [0, 0.1) is 6.92 Å². The van der Waals surface area contributed by atoms with Gasteiger partial charge >= 0.3 is 12.4 Å². The SMILES string of the molecule is Cc1cc(-n2nc(C(F)(F)F)c(-c3cc(Cl)cc(C(F)(F)F)c3)c2N)nn1C. The normalized spacial score (nSPS) is 12.6. The molecule has 28 heavy (non-hydrogen) atoms. The highest BCUT2D eigenvalue weighted by molar-refractivity contribution is 6.31. The van der Waals surface area contributed by atoms with E-state index in [1.54, 1.807) is 14.0 Å². The largest absolute Gasteiger partial charge is 0.435 e. The number of aryl methyl sites for hydroxylation is 2. The molecule has 0 aliphatic heterocycles. The van der Waals surface area contributed by atoms with Crippen LogP contribution in [-0.4, -0.2) is 19.6 Å². The second kappa shape index (κ2) is 6.43. The third-order valence-electron chi connectivity index (χ3n) is 4.02. The van der Waals surface area contributed by atoms with Crippen molar-refractivity contribution >= 4 is 17.4 Å². The van der Waals surface area contributed by atoms with Crippen LogP contribution < -0.4 is 5.73 Å². The molecule has 1 aromatic carbocycles. The Morgan fingerprint density at radius 2 is 1.61 bits per heavy atom. The number of nitrogens with two attached hydrogens (primary N) is 1. The van der Waals surface area contributed by atoms with Gasteiger partial charge in [0.1, 0.15) is 5.82 Å². The molecule has 2 N–H and O–H groups in total. The fraction of sp³-hybridized carbons (Fsp3) is 0.250. The summed E-state index contributed by atoms with van der Waals surface area (Å²) in [4.78, 5) is 0. The highest BCUT2D eigenvalue weighted by Crippen LogP contribution is 2.43. The van der Waals surface area contributed by atoms with E-state index < -0.39 is 45.6 Å². The molecule has 5 nitrogen and oxygen atoms in total. The Labute approximate surface area is 159 Å². The van der Waals surface area contributed by atoms with Gasteiger partial charge in [-0.1, -0.05) is 11.6 Å². The van der Waals surface area contributed by atoms with E-state index >= 15 is 0 Å². The van der Waals surface area contributed by atoms with E-state index in [-0.39, 0.29) is 5.82 Å². The number of aromatic nitrogens is 4.